The highest BCUT2D eigenvalue weighted by atomic mass is 79.9. The molecule has 0 amide bonds. The summed E-state index contributed by atoms with van der Waals surface area (Å²) in [6, 6.07) is 14.1. The van der Waals surface area contributed by atoms with Crippen molar-refractivity contribution >= 4 is 60.2 Å². The fourth-order valence-corrected chi connectivity index (χ4v) is 3.29. The molecule has 0 radical (unpaired) electrons. The molecular weight excluding hydrogens is 326 g/mol. The van der Waals surface area contributed by atoms with Crippen LogP contribution in [-0.4, -0.2) is 4.98 Å². The van der Waals surface area contributed by atoms with Gasteiger partial charge in [0.25, 0.3) is 0 Å². The van der Waals surface area contributed by atoms with E-state index in [-0.39, 0.29) is 0 Å². The van der Waals surface area contributed by atoms with Crippen LogP contribution in [0.2, 0.25) is 5.15 Å². The number of fused-ring (bicyclic) bond motifs is 4. The molecule has 0 saturated heterocycles. The average Bonchev–Trinajstić information content (AvgIpc) is 2.72. The van der Waals surface area contributed by atoms with Crippen molar-refractivity contribution in [3.05, 3.63) is 52.2 Å². The first-order chi connectivity index (χ1) is 9.22. The van der Waals surface area contributed by atoms with Gasteiger partial charge in [-0.15, -0.1) is 0 Å². The molecule has 0 fully saturated rings. The van der Waals surface area contributed by atoms with Crippen molar-refractivity contribution in [1.82, 2.24) is 4.98 Å². The highest BCUT2D eigenvalue weighted by Gasteiger charge is 2.13. The molecule has 2 aromatic heterocycles. The van der Waals surface area contributed by atoms with Gasteiger partial charge in [-0.2, -0.15) is 0 Å². The Hall–Kier alpha value is -1.58. The molecule has 0 saturated carbocycles. The standard InChI is InChI=1S/C15H7BrClNO/c16-15-14-10-5-8-3-1-2-4-9(8)6-11(10)19-12(14)7-13(17)18-15/h1-7H. The van der Waals surface area contributed by atoms with Crippen molar-refractivity contribution in [2.24, 2.45) is 0 Å². The molecule has 4 aromatic rings. The summed E-state index contributed by atoms with van der Waals surface area (Å²) < 4.78 is 6.58. The second-order valence-corrected chi connectivity index (χ2v) is 5.54. The van der Waals surface area contributed by atoms with Gasteiger partial charge in [0.1, 0.15) is 20.9 Å². The van der Waals surface area contributed by atoms with Crippen molar-refractivity contribution in [1.29, 1.82) is 0 Å². The van der Waals surface area contributed by atoms with E-state index in [1.807, 2.05) is 18.2 Å². The first-order valence-corrected chi connectivity index (χ1v) is 6.96. The van der Waals surface area contributed by atoms with Crippen LogP contribution in [0.4, 0.5) is 0 Å². The van der Waals surface area contributed by atoms with E-state index in [2.05, 4.69) is 39.1 Å². The maximum absolute atomic E-state index is 5.96. The summed E-state index contributed by atoms with van der Waals surface area (Å²) in [4.78, 5) is 4.23. The monoisotopic (exact) mass is 331 g/mol. The summed E-state index contributed by atoms with van der Waals surface area (Å²) >= 11 is 9.41. The van der Waals surface area contributed by atoms with Crippen LogP contribution in [0.15, 0.2) is 51.5 Å². The van der Waals surface area contributed by atoms with E-state index in [9.17, 15) is 0 Å². The normalized spacial score (nSPS) is 11.7. The van der Waals surface area contributed by atoms with Gasteiger partial charge in [-0.1, -0.05) is 35.9 Å². The Balaban J connectivity index is 2.26. The van der Waals surface area contributed by atoms with Gasteiger partial charge in [-0.3, -0.25) is 0 Å². The molecule has 19 heavy (non-hydrogen) atoms. The van der Waals surface area contributed by atoms with Crippen LogP contribution in [0.25, 0.3) is 32.7 Å². The third-order valence-corrected chi connectivity index (χ3v) is 4.01. The number of hydrogen-bond acceptors (Lipinski definition) is 2. The molecule has 0 aliphatic rings. The van der Waals surface area contributed by atoms with E-state index in [4.69, 9.17) is 16.0 Å². The molecule has 0 aliphatic heterocycles. The van der Waals surface area contributed by atoms with Crippen molar-refractivity contribution in [2.45, 2.75) is 0 Å². The van der Waals surface area contributed by atoms with E-state index < -0.39 is 0 Å². The minimum atomic E-state index is 0.419. The second-order valence-electron chi connectivity index (χ2n) is 4.41. The van der Waals surface area contributed by atoms with Crippen molar-refractivity contribution in [2.75, 3.05) is 0 Å². The summed E-state index contributed by atoms with van der Waals surface area (Å²) in [5, 5.41) is 4.77. The average molecular weight is 333 g/mol. The number of rotatable bonds is 0. The van der Waals surface area contributed by atoms with Gasteiger partial charge in [0.15, 0.2) is 0 Å². The van der Waals surface area contributed by atoms with Crippen LogP contribution in [0.1, 0.15) is 0 Å². The van der Waals surface area contributed by atoms with Gasteiger partial charge in [0, 0.05) is 11.5 Å². The summed E-state index contributed by atoms with van der Waals surface area (Å²) in [5.41, 5.74) is 1.59. The van der Waals surface area contributed by atoms with Crippen molar-refractivity contribution < 1.29 is 4.42 Å². The van der Waals surface area contributed by atoms with Gasteiger partial charge < -0.3 is 4.42 Å². The molecule has 4 rings (SSSR count). The molecule has 92 valence electrons. The Morgan fingerprint density at radius 3 is 2.53 bits per heavy atom. The summed E-state index contributed by atoms with van der Waals surface area (Å²) in [6.45, 7) is 0. The zero-order valence-corrected chi connectivity index (χ0v) is 12.0. The highest BCUT2D eigenvalue weighted by molar-refractivity contribution is 9.10. The fraction of sp³-hybridized carbons (Fsp3) is 0. The minimum Gasteiger partial charge on any atom is -0.456 e. The van der Waals surface area contributed by atoms with E-state index in [0.29, 0.717) is 9.76 Å². The SMILES string of the molecule is Clc1cc2oc3cc4ccccc4cc3c2c(Br)n1. The molecular formula is C15H7BrClNO. The number of benzene rings is 2. The molecule has 2 aromatic carbocycles. The van der Waals surface area contributed by atoms with E-state index >= 15 is 0 Å². The Labute approximate surface area is 122 Å². The lowest BCUT2D eigenvalue weighted by Crippen LogP contribution is -1.78. The molecule has 0 spiro atoms. The molecule has 2 heterocycles. The van der Waals surface area contributed by atoms with Crippen LogP contribution < -0.4 is 0 Å². The molecule has 2 nitrogen and oxygen atoms in total. The molecule has 0 aliphatic carbocycles. The summed E-state index contributed by atoms with van der Waals surface area (Å²) in [7, 11) is 0. The highest BCUT2D eigenvalue weighted by Crippen LogP contribution is 2.36. The van der Waals surface area contributed by atoms with Crippen molar-refractivity contribution in [3.63, 3.8) is 0 Å². The quantitative estimate of drug-likeness (QED) is 0.395. The van der Waals surface area contributed by atoms with E-state index in [0.717, 1.165) is 27.3 Å². The predicted molar refractivity (Wildman–Crippen MR) is 81.7 cm³/mol. The number of nitrogens with zero attached hydrogens (tertiary/aromatic N) is 1. The van der Waals surface area contributed by atoms with Gasteiger partial charge in [0.05, 0.1) is 5.39 Å². The summed E-state index contributed by atoms with van der Waals surface area (Å²) in [6.07, 6.45) is 0. The number of furan rings is 1. The van der Waals surface area contributed by atoms with Crippen LogP contribution in [0, 0.1) is 0 Å². The first-order valence-electron chi connectivity index (χ1n) is 5.79. The topological polar surface area (TPSA) is 26.0 Å². The zero-order valence-electron chi connectivity index (χ0n) is 9.65. The van der Waals surface area contributed by atoms with Crippen molar-refractivity contribution in [3.8, 4) is 0 Å². The van der Waals surface area contributed by atoms with Gasteiger partial charge in [-0.05, 0) is 38.8 Å². The number of halogens is 2. The number of hydrogen-bond donors (Lipinski definition) is 0. The Bertz CT molecular complexity index is 945. The van der Waals surface area contributed by atoms with Crippen LogP contribution in [0.5, 0.6) is 0 Å². The molecule has 0 atom stereocenters. The Kier molecular flexibility index (Phi) is 2.34. The predicted octanol–water partition coefficient (Wildman–Crippen LogP) is 5.55. The lowest BCUT2D eigenvalue weighted by molar-refractivity contribution is 0.669. The van der Waals surface area contributed by atoms with E-state index in [1.54, 1.807) is 6.07 Å². The van der Waals surface area contributed by atoms with Crippen LogP contribution in [0.3, 0.4) is 0 Å². The second kappa shape index (κ2) is 3.95. The van der Waals surface area contributed by atoms with Gasteiger partial charge in [-0.25, -0.2) is 4.98 Å². The fourth-order valence-electron chi connectivity index (χ4n) is 2.41. The smallest absolute Gasteiger partial charge is 0.141 e. The number of aromatic nitrogens is 1. The third-order valence-electron chi connectivity index (χ3n) is 3.25. The molecule has 0 unspecified atom stereocenters. The maximum atomic E-state index is 5.96. The lowest BCUT2D eigenvalue weighted by Gasteiger charge is -1.97. The molecule has 4 heteroatoms. The zero-order chi connectivity index (χ0) is 13.0. The molecule has 0 N–H and O–H groups in total. The van der Waals surface area contributed by atoms with Gasteiger partial charge in [0.2, 0.25) is 0 Å². The van der Waals surface area contributed by atoms with Gasteiger partial charge >= 0.3 is 0 Å². The lowest BCUT2D eigenvalue weighted by atomic mass is 10.1. The Morgan fingerprint density at radius 2 is 1.74 bits per heavy atom. The minimum absolute atomic E-state index is 0.419. The molecule has 0 bridgehead atoms. The Morgan fingerprint density at radius 1 is 1.00 bits per heavy atom. The maximum Gasteiger partial charge on any atom is 0.141 e. The third kappa shape index (κ3) is 1.66. The summed E-state index contributed by atoms with van der Waals surface area (Å²) in [5.74, 6) is 0. The van der Waals surface area contributed by atoms with Crippen LogP contribution >= 0.6 is 27.5 Å². The largest absolute Gasteiger partial charge is 0.456 e. The van der Waals surface area contributed by atoms with Crippen LogP contribution in [-0.2, 0) is 0 Å². The first kappa shape index (κ1) is 11.3. The number of pyridine rings is 1. The van der Waals surface area contributed by atoms with E-state index in [1.165, 1.54) is 5.39 Å².